The van der Waals surface area contributed by atoms with Crippen LogP contribution in [0.4, 0.5) is 24.0 Å². The first-order valence-corrected chi connectivity index (χ1v) is 29.6. The quantitative estimate of drug-likeness (QED) is 0.0550. The average Bonchev–Trinajstić information content (AvgIpc) is 3.45. The van der Waals surface area contributed by atoms with E-state index in [1.165, 1.54) is 6.07 Å². The van der Waals surface area contributed by atoms with E-state index in [1.807, 2.05) is 0 Å². The van der Waals surface area contributed by atoms with Crippen LogP contribution in [0.15, 0.2) is 42.5 Å². The van der Waals surface area contributed by atoms with E-state index in [4.69, 9.17) is 23.7 Å². The van der Waals surface area contributed by atoms with Crippen LogP contribution in [0.2, 0.25) is 0 Å². The fourth-order valence-corrected chi connectivity index (χ4v) is 8.45. The first-order chi connectivity index (χ1) is 40.6. The molecule has 0 saturated carbocycles. The number of rotatable bonds is 22. The first-order valence-electron chi connectivity index (χ1n) is 29.6. The van der Waals surface area contributed by atoms with Crippen LogP contribution in [0.25, 0.3) is 11.1 Å². The summed E-state index contributed by atoms with van der Waals surface area (Å²) in [6, 6.07) is 5.11. The summed E-state index contributed by atoms with van der Waals surface area (Å²) in [4.78, 5) is 134. The van der Waals surface area contributed by atoms with E-state index in [-0.39, 0.29) is 69.6 Å². The summed E-state index contributed by atoms with van der Waals surface area (Å²) in [5.74, 6) is -3.88. The summed E-state index contributed by atoms with van der Waals surface area (Å²) in [6.07, 6.45) is -5.78. The highest BCUT2D eigenvalue weighted by Crippen LogP contribution is 2.29. The van der Waals surface area contributed by atoms with Gasteiger partial charge in [-0.2, -0.15) is 0 Å². The molecule has 12 N–H and O–H groups in total. The number of carbonyl (C=O) groups excluding carboxylic acids is 10. The van der Waals surface area contributed by atoms with Crippen molar-refractivity contribution in [2.24, 2.45) is 0 Å². The van der Waals surface area contributed by atoms with E-state index < -0.39 is 137 Å². The maximum absolute atomic E-state index is 14.6. The van der Waals surface area contributed by atoms with Gasteiger partial charge in [-0.25, -0.2) is 24.0 Å². The molecule has 0 fully saturated rings. The molecule has 88 heavy (non-hydrogen) atoms. The topological polar surface area (TPSA) is 378 Å². The van der Waals surface area contributed by atoms with Gasteiger partial charge < -0.3 is 87.1 Å². The Morgan fingerprint density at radius 3 is 1.59 bits per heavy atom. The van der Waals surface area contributed by atoms with Gasteiger partial charge in [0.15, 0.2) is 0 Å². The Bertz CT molecular complexity index is 2720. The highest BCUT2D eigenvalue weighted by molar-refractivity contribution is 5.94. The standard InChI is InChI=1S/C61H96N10O17/c1-57(2,3)84-52(79)65-29-28-64-48(75)41(69-54(81)86-59(7,8)9)22-16-17-26-62-47(74)42(70-55(82)87-60(10,11)12)23-19-27-63-49(76)43-31-36-20-18-21-37(30-36)38-24-25-46(73)39(32-38)33-44(71-56(83)88-61(13,14)15)50(77)68-45(51(78)67-43)34-40(72)35-66-53(80)85-58(4,5)6/h18,20-21,24-25,30,32,40-45,72-73H,16-17,19,22-23,26-29,31,33-35H2,1-15H3,(H,62,74)(H,63,76)(H,64,75)(H,65,79)(H,66,80)(H,67,78)(H,68,77)(H,69,81)(H,70,82)(H,71,83)/t40-,41+,42+,43+,44+,45+/m1/s1. The second kappa shape index (κ2) is 33.3. The van der Waals surface area contributed by atoms with Crippen LogP contribution in [0.1, 0.15) is 154 Å². The predicted molar refractivity (Wildman–Crippen MR) is 325 cm³/mol. The lowest BCUT2D eigenvalue weighted by Crippen LogP contribution is -2.58. The van der Waals surface area contributed by atoms with Crippen LogP contribution < -0.4 is 53.2 Å². The number of fused-ring (bicyclic) bond motifs is 5. The van der Waals surface area contributed by atoms with Crippen molar-refractivity contribution in [1.29, 1.82) is 0 Å². The van der Waals surface area contributed by atoms with Gasteiger partial charge in [0.2, 0.25) is 29.5 Å². The van der Waals surface area contributed by atoms with Crippen molar-refractivity contribution >= 4 is 60.0 Å². The van der Waals surface area contributed by atoms with Crippen LogP contribution in [0.5, 0.6) is 5.75 Å². The van der Waals surface area contributed by atoms with Crippen molar-refractivity contribution in [3.05, 3.63) is 53.6 Å². The second-order valence-electron chi connectivity index (χ2n) is 26.4. The number of phenols is 1. The third-order valence-corrected chi connectivity index (χ3v) is 12.2. The molecule has 3 rings (SSSR count). The van der Waals surface area contributed by atoms with Crippen molar-refractivity contribution in [1.82, 2.24) is 53.2 Å². The van der Waals surface area contributed by atoms with Gasteiger partial charge in [0.05, 0.1) is 6.10 Å². The van der Waals surface area contributed by atoms with E-state index >= 15 is 0 Å². The van der Waals surface area contributed by atoms with Crippen LogP contribution in [0, 0.1) is 0 Å². The number of aliphatic hydroxyl groups excluding tert-OH is 1. The molecule has 1 aliphatic rings. The molecule has 10 amide bonds. The number of nitrogens with one attached hydrogen (secondary N) is 10. The maximum atomic E-state index is 14.6. The monoisotopic (exact) mass is 1240 g/mol. The average molecular weight is 1240 g/mol. The van der Waals surface area contributed by atoms with Gasteiger partial charge in [-0.15, -0.1) is 0 Å². The smallest absolute Gasteiger partial charge is 0.408 e. The third kappa shape index (κ3) is 30.5. The lowest BCUT2D eigenvalue weighted by Gasteiger charge is -2.28. The summed E-state index contributed by atoms with van der Waals surface area (Å²) in [5, 5.41) is 48.6. The molecule has 0 aliphatic carbocycles. The fraction of sp³-hybridized carbons (Fsp3) is 0.639. The van der Waals surface area contributed by atoms with Gasteiger partial charge in [-0.1, -0.05) is 30.3 Å². The van der Waals surface area contributed by atoms with E-state index in [1.54, 1.807) is 140 Å². The van der Waals surface area contributed by atoms with Crippen molar-refractivity contribution in [3.8, 4) is 16.9 Å². The number of hydrogen-bond acceptors (Lipinski definition) is 17. The summed E-state index contributed by atoms with van der Waals surface area (Å²) in [5.41, 5.74) is -2.30. The minimum absolute atomic E-state index is 0.0221. The fourth-order valence-electron chi connectivity index (χ4n) is 8.45. The highest BCUT2D eigenvalue weighted by Gasteiger charge is 2.34. The largest absolute Gasteiger partial charge is 0.508 e. The zero-order valence-corrected chi connectivity index (χ0v) is 53.7. The van der Waals surface area contributed by atoms with Crippen LogP contribution >= 0.6 is 0 Å². The van der Waals surface area contributed by atoms with Crippen molar-refractivity contribution < 1.29 is 81.8 Å². The zero-order valence-electron chi connectivity index (χ0n) is 53.7. The van der Waals surface area contributed by atoms with Gasteiger partial charge >= 0.3 is 30.5 Å². The van der Waals surface area contributed by atoms with E-state index in [0.29, 0.717) is 29.5 Å². The Labute approximate surface area is 516 Å². The molecule has 0 aromatic heterocycles. The Kier molecular flexibility index (Phi) is 28.1. The van der Waals surface area contributed by atoms with E-state index in [9.17, 15) is 58.2 Å². The van der Waals surface area contributed by atoms with Crippen molar-refractivity contribution in [2.45, 2.75) is 220 Å². The predicted octanol–water partition coefficient (Wildman–Crippen LogP) is 4.91. The summed E-state index contributed by atoms with van der Waals surface area (Å²) >= 11 is 0. The van der Waals surface area contributed by atoms with Gasteiger partial charge in [0.1, 0.15) is 64.0 Å². The number of carbonyl (C=O) groups is 10. The molecule has 6 atom stereocenters. The van der Waals surface area contributed by atoms with Gasteiger partial charge in [0.25, 0.3) is 0 Å². The molecule has 1 aliphatic heterocycles. The SMILES string of the molecule is CC(C)(C)OC(=O)NCCNC(=O)[C@H](CCCCNC(=O)[C@H](CCCNC(=O)[C@@H]1Cc2cccc(c2)-c2ccc(O)c(c2)C[C@H](NC(=O)OC(C)(C)C)C(=O)N[C@@H](C[C@@H](O)CNC(=O)OC(C)(C)C)C(=O)N1)NC(=O)OC(C)(C)C)NC(=O)OC(C)(C)C. The number of unbranched alkanes of at least 4 members (excludes halogenated alkanes) is 1. The maximum Gasteiger partial charge on any atom is 0.408 e. The number of hydrogen-bond donors (Lipinski definition) is 12. The summed E-state index contributed by atoms with van der Waals surface area (Å²) in [7, 11) is 0. The van der Waals surface area contributed by atoms with E-state index in [2.05, 4.69) is 53.2 Å². The highest BCUT2D eigenvalue weighted by atomic mass is 16.6. The Balaban J connectivity index is 1.86. The number of aromatic hydroxyl groups is 1. The molecule has 2 aromatic carbocycles. The molecule has 27 heteroatoms. The van der Waals surface area contributed by atoms with Gasteiger partial charge in [-0.3, -0.25) is 24.0 Å². The lowest BCUT2D eigenvalue weighted by atomic mass is 9.96. The molecule has 27 nitrogen and oxygen atoms in total. The van der Waals surface area contributed by atoms with Crippen molar-refractivity contribution in [2.75, 3.05) is 32.7 Å². The van der Waals surface area contributed by atoms with Crippen LogP contribution in [0.3, 0.4) is 0 Å². The molecule has 0 radical (unpaired) electrons. The number of phenolic OH excluding ortho intramolecular Hbond substituents is 1. The summed E-state index contributed by atoms with van der Waals surface area (Å²) in [6.45, 7) is 24.5. The number of benzene rings is 2. The molecule has 4 bridgehead atoms. The first kappa shape index (κ1) is 74.2. The molecule has 0 spiro atoms. The lowest BCUT2D eigenvalue weighted by molar-refractivity contribution is -0.133. The molecule has 2 aromatic rings. The number of aliphatic hydroxyl groups is 1. The Morgan fingerprint density at radius 2 is 1.02 bits per heavy atom. The van der Waals surface area contributed by atoms with Crippen LogP contribution in [-0.2, 0) is 60.5 Å². The summed E-state index contributed by atoms with van der Waals surface area (Å²) < 4.78 is 26.8. The van der Waals surface area contributed by atoms with E-state index in [0.717, 1.165) is 0 Å². The molecular weight excluding hydrogens is 1140 g/mol. The minimum Gasteiger partial charge on any atom is -0.508 e. The Hall–Kier alpha value is -8.10. The number of amides is 10. The molecular formula is C61H96N10O17. The third-order valence-electron chi connectivity index (χ3n) is 12.2. The molecule has 492 valence electrons. The molecule has 1 heterocycles. The zero-order chi connectivity index (χ0) is 66.4. The Morgan fingerprint density at radius 1 is 0.534 bits per heavy atom. The van der Waals surface area contributed by atoms with Crippen LogP contribution in [-0.4, -0.2) is 167 Å². The molecule has 0 saturated heterocycles. The van der Waals surface area contributed by atoms with Gasteiger partial charge in [-0.05, 0) is 170 Å². The van der Waals surface area contributed by atoms with Crippen molar-refractivity contribution in [3.63, 3.8) is 0 Å². The molecule has 0 unspecified atom stereocenters. The normalized spacial score (nSPS) is 16.8. The second-order valence-corrected chi connectivity index (χ2v) is 26.4. The van der Waals surface area contributed by atoms with Gasteiger partial charge in [0, 0.05) is 52.0 Å². The number of ether oxygens (including phenoxy) is 5. The number of alkyl carbamates (subject to hydrolysis) is 5. The minimum atomic E-state index is -1.61.